The molecule has 2 aromatic carbocycles. The van der Waals surface area contributed by atoms with Crippen molar-refractivity contribution in [1.29, 1.82) is 0 Å². The monoisotopic (exact) mass is 576 g/mol. The number of aryl methyl sites for hydroxylation is 1. The summed E-state index contributed by atoms with van der Waals surface area (Å²) in [5.41, 5.74) is 4.81. The smallest absolute Gasteiger partial charge is 0.335 e. The molecule has 7 heteroatoms. The number of rotatable bonds is 16. The number of carbonyl (C=O) groups excluding carboxylic acids is 2. The van der Waals surface area contributed by atoms with Gasteiger partial charge in [-0.25, -0.2) is 14.0 Å². The van der Waals surface area contributed by atoms with Gasteiger partial charge in [-0.1, -0.05) is 87.5 Å². The first-order chi connectivity index (χ1) is 20.3. The zero-order valence-electron chi connectivity index (χ0n) is 24.6. The summed E-state index contributed by atoms with van der Waals surface area (Å²) in [5, 5.41) is 9.15. The Hall–Kier alpha value is -3.81. The topological polar surface area (TPSA) is 82.1 Å². The minimum Gasteiger partial charge on any atom is -0.461 e. The quantitative estimate of drug-likeness (QED) is 0.135. The maximum Gasteiger partial charge on any atom is 0.335 e. The summed E-state index contributed by atoms with van der Waals surface area (Å²) in [4.78, 5) is 24.3. The Labute approximate surface area is 248 Å². The first kappa shape index (κ1) is 32.7. The molecule has 0 saturated carbocycles. The number of ether oxygens (including phenoxy) is 3. The molecule has 1 aliphatic rings. The van der Waals surface area contributed by atoms with Gasteiger partial charge < -0.3 is 19.3 Å². The van der Waals surface area contributed by atoms with Crippen molar-refractivity contribution in [2.24, 2.45) is 0 Å². The van der Waals surface area contributed by atoms with Crippen molar-refractivity contribution in [2.45, 2.75) is 50.9 Å². The molecule has 0 heterocycles. The van der Waals surface area contributed by atoms with E-state index in [1.54, 1.807) is 6.08 Å². The summed E-state index contributed by atoms with van der Waals surface area (Å²) >= 11 is 0. The third kappa shape index (κ3) is 9.36. The Morgan fingerprint density at radius 3 is 2.19 bits per heavy atom. The van der Waals surface area contributed by atoms with Crippen molar-refractivity contribution in [1.82, 2.24) is 0 Å². The summed E-state index contributed by atoms with van der Waals surface area (Å²) in [6, 6.07) is 15.7. The highest BCUT2D eigenvalue weighted by Gasteiger charge is 2.23. The normalized spacial score (nSPS) is 15.3. The van der Waals surface area contributed by atoms with Crippen molar-refractivity contribution in [2.75, 3.05) is 33.5 Å². The van der Waals surface area contributed by atoms with Crippen LogP contribution in [0.4, 0.5) is 4.39 Å². The zero-order chi connectivity index (χ0) is 30.5. The van der Waals surface area contributed by atoms with Gasteiger partial charge in [0.05, 0.1) is 30.3 Å². The second kappa shape index (κ2) is 16.6. The van der Waals surface area contributed by atoms with Crippen LogP contribution in [-0.2, 0) is 30.2 Å². The zero-order valence-corrected chi connectivity index (χ0v) is 24.6. The molecule has 0 amide bonds. The minimum atomic E-state index is -0.739. The minimum absolute atomic E-state index is 0.0322. The highest BCUT2D eigenvalue weighted by Crippen LogP contribution is 2.37. The predicted octanol–water partition coefficient (Wildman–Crippen LogP) is 6.76. The van der Waals surface area contributed by atoms with Crippen molar-refractivity contribution in [3.8, 4) is 0 Å². The van der Waals surface area contributed by atoms with Crippen LogP contribution in [0.15, 0.2) is 90.8 Å². The van der Waals surface area contributed by atoms with E-state index in [4.69, 9.17) is 19.3 Å². The lowest BCUT2D eigenvalue weighted by molar-refractivity contribution is -0.143. The van der Waals surface area contributed by atoms with E-state index in [-0.39, 0.29) is 36.8 Å². The molecule has 224 valence electrons. The van der Waals surface area contributed by atoms with Crippen LogP contribution >= 0.6 is 0 Å². The van der Waals surface area contributed by atoms with Gasteiger partial charge >= 0.3 is 11.9 Å². The van der Waals surface area contributed by atoms with Gasteiger partial charge in [0.25, 0.3) is 0 Å². The van der Waals surface area contributed by atoms with Crippen molar-refractivity contribution < 1.29 is 33.3 Å². The number of carbonyl (C=O) groups is 2. The molecule has 0 aliphatic heterocycles. The molecule has 0 spiro atoms. The maximum absolute atomic E-state index is 15.3. The second-order valence-corrected chi connectivity index (χ2v) is 10.5. The Balaban J connectivity index is 1.69. The van der Waals surface area contributed by atoms with Crippen molar-refractivity contribution >= 4 is 17.5 Å². The van der Waals surface area contributed by atoms with Crippen LogP contribution in [-0.4, -0.2) is 50.6 Å². The van der Waals surface area contributed by atoms with Crippen LogP contribution in [0.25, 0.3) is 5.57 Å². The lowest BCUT2D eigenvalue weighted by Crippen LogP contribution is -2.22. The third-order valence-corrected chi connectivity index (χ3v) is 7.28. The van der Waals surface area contributed by atoms with Crippen molar-refractivity contribution in [3.05, 3.63) is 113 Å². The van der Waals surface area contributed by atoms with E-state index in [9.17, 15) is 9.59 Å². The predicted molar refractivity (Wildman–Crippen MR) is 163 cm³/mol. The number of aliphatic hydroxyl groups excluding tert-OH is 1. The highest BCUT2D eigenvalue weighted by atomic mass is 19.1. The Morgan fingerprint density at radius 1 is 0.976 bits per heavy atom. The third-order valence-electron chi connectivity index (χ3n) is 7.28. The molecule has 0 aromatic heterocycles. The number of unbranched alkanes of at least 4 members (excludes halogenated alkanes) is 2. The number of hydrogen-bond donors (Lipinski definition) is 1. The van der Waals surface area contributed by atoms with E-state index in [2.05, 4.69) is 50.4 Å². The van der Waals surface area contributed by atoms with Crippen molar-refractivity contribution in [3.63, 3.8) is 0 Å². The summed E-state index contributed by atoms with van der Waals surface area (Å²) in [6.07, 6.45) is 8.84. The summed E-state index contributed by atoms with van der Waals surface area (Å²) in [7, 11) is 1.45. The number of aliphatic hydroxyl groups is 1. The van der Waals surface area contributed by atoms with Crippen LogP contribution in [0.3, 0.4) is 0 Å². The molecular formula is C35H41FO6. The molecule has 42 heavy (non-hydrogen) atoms. The largest absolute Gasteiger partial charge is 0.461 e. The van der Waals surface area contributed by atoms with Gasteiger partial charge in [-0.05, 0) is 53.2 Å². The van der Waals surface area contributed by atoms with Gasteiger partial charge in [0.1, 0.15) is 19.0 Å². The van der Waals surface area contributed by atoms with Gasteiger partial charge in [-0.2, -0.15) is 0 Å². The Bertz CT molecular complexity index is 1290. The van der Waals surface area contributed by atoms with Crippen LogP contribution in [0.2, 0.25) is 0 Å². The first-order valence-corrected chi connectivity index (χ1v) is 14.3. The first-order valence-electron chi connectivity index (χ1n) is 14.3. The van der Waals surface area contributed by atoms with Crippen LogP contribution in [0, 0.1) is 0 Å². The van der Waals surface area contributed by atoms with Gasteiger partial charge in [-0.15, -0.1) is 0 Å². The SMILES string of the molecule is C=C(CO)C(=O)OCC(COC(=O)C(=C)COC)c1ccc(C2CC=C(c3ccc(CCCCC)cc3)C=C2F)cc1. The molecule has 0 fully saturated rings. The van der Waals surface area contributed by atoms with Gasteiger partial charge in [0, 0.05) is 13.0 Å². The van der Waals surface area contributed by atoms with Crippen LogP contribution in [0.1, 0.15) is 66.7 Å². The molecule has 2 unspecified atom stereocenters. The number of esters is 2. The summed E-state index contributed by atoms with van der Waals surface area (Å²) in [6.45, 7) is 8.63. The van der Waals surface area contributed by atoms with E-state index in [0.717, 1.165) is 28.7 Å². The average Bonchev–Trinajstić information content (AvgIpc) is 3.01. The molecule has 2 atom stereocenters. The molecular weight excluding hydrogens is 535 g/mol. The van der Waals surface area contributed by atoms with Gasteiger partial charge in [0.2, 0.25) is 0 Å². The maximum atomic E-state index is 15.3. The fourth-order valence-corrected chi connectivity index (χ4v) is 4.70. The lowest BCUT2D eigenvalue weighted by Gasteiger charge is -2.22. The average molecular weight is 577 g/mol. The second-order valence-electron chi connectivity index (χ2n) is 10.5. The van der Waals surface area contributed by atoms with E-state index in [0.29, 0.717) is 6.42 Å². The number of halogens is 1. The standard InChI is InChI=1S/C35H41FO6/c1-5-6-7-8-26-9-11-27(12-10-26)30-17-18-32(33(36)19-30)29-15-13-28(14-16-29)31(22-41-34(38)24(2)20-37)23-42-35(39)25(3)21-40-4/h9-17,19,31-32,37H,2-3,5-8,18,20-23H2,1,4H3. The molecule has 3 rings (SSSR count). The fourth-order valence-electron chi connectivity index (χ4n) is 4.70. The van der Waals surface area contributed by atoms with E-state index < -0.39 is 30.4 Å². The van der Waals surface area contributed by atoms with E-state index in [1.165, 1.54) is 31.9 Å². The van der Waals surface area contributed by atoms with Gasteiger partial charge in [-0.3, -0.25) is 0 Å². The fraction of sp³-hybridized carbons (Fsp3) is 0.371. The number of methoxy groups -OCH3 is 1. The van der Waals surface area contributed by atoms with Crippen LogP contribution in [0.5, 0.6) is 0 Å². The van der Waals surface area contributed by atoms with E-state index >= 15 is 4.39 Å². The number of benzene rings is 2. The highest BCUT2D eigenvalue weighted by molar-refractivity contribution is 5.88. The van der Waals surface area contributed by atoms with Crippen LogP contribution < -0.4 is 0 Å². The molecule has 1 aliphatic carbocycles. The Kier molecular flexibility index (Phi) is 12.9. The molecule has 6 nitrogen and oxygen atoms in total. The summed E-state index contributed by atoms with van der Waals surface area (Å²) in [5.74, 6) is -2.47. The van der Waals surface area contributed by atoms with E-state index in [1.807, 2.05) is 24.3 Å². The molecule has 0 bridgehead atoms. The van der Waals surface area contributed by atoms with Gasteiger partial charge in [0.15, 0.2) is 0 Å². The lowest BCUT2D eigenvalue weighted by atomic mass is 9.86. The summed E-state index contributed by atoms with van der Waals surface area (Å²) < 4.78 is 30.9. The molecule has 0 saturated heterocycles. The molecule has 1 N–H and O–H groups in total. The Morgan fingerprint density at radius 2 is 1.62 bits per heavy atom. The number of hydrogen-bond acceptors (Lipinski definition) is 6. The molecule has 0 radical (unpaired) electrons. The molecule has 2 aromatic rings. The number of allylic oxidation sites excluding steroid dienone is 4.